The standard InChI is InChI=1S/C15H13F2N3O/c1-8(21)15-19-12-7-10(18)3-5-13(12)20(15)14-6-9(16)2-4-11(14)17/h2-8,21H,18H2,1H3. The van der Waals surface area contributed by atoms with E-state index in [4.69, 9.17) is 5.73 Å². The summed E-state index contributed by atoms with van der Waals surface area (Å²) in [5, 5.41) is 9.87. The Morgan fingerprint density at radius 1 is 1.19 bits per heavy atom. The van der Waals surface area contributed by atoms with Crippen LogP contribution >= 0.6 is 0 Å². The molecule has 1 atom stereocenters. The molecule has 3 N–H and O–H groups in total. The number of hydrogen-bond acceptors (Lipinski definition) is 3. The molecule has 0 saturated carbocycles. The molecule has 0 aliphatic rings. The first-order valence-electron chi connectivity index (χ1n) is 6.38. The lowest BCUT2D eigenvalue weighted by molar-refractivity contribution is 0.187. The number of benzene rings is 2. The Morgan fingerprint density at radius 3 is 2.67 bits per heavy atom. The SMILES string of the molecule is CC(O)c1nc2cc(N)ccc2n1-c1cc(F)ccc1F. The molecule has 0 spiro atoms. The monoisotopic (exact) mass is 289 g/mol. The number of nitrogen functional groups attached to an aromatic ring is 1. The molecule has 0 saturated heterocycles. The number of aliphatic hydroxyl groups is 1. The van der Waals surface area contributed by atoms with Gasteiger partial charge in [-0.15, -0.1) is 0 Å². The molecule has 0 radical (unpaired) electrons. The molecular weight excluding hydrogens is 276 g/mol. The van der Waals surface area contributed by atoms with Crippen molar-refractivity contribution in [1.29, 1.82) is 0 Å². The molecule has 3 rings (SSSR count). The lowest BCUT2D eigenvalue weighted by Crippen LogP contribution is -2.07. The number of imidazole rings is 1. The zero-order valence-electron chi connectivity index (χ0n) is 11.2. The van der Waals surface area contributed by atoms with E-state index < -0.39 is 17.7 Å². The van der Waals surface area contributed by atoms with Gasteiger partial charge in [0.1, 0.15) is 23.6 Å². The lowest BCUT2D eigenvalue weighted by atomic mass is 10.2. The van der Waals surface area contributed by atoms with Crippen molar-refractivity contribution in [2.75, 3.05) is 5.73 Å². The number of nitrogens with two attached hydrogens (primary N) is 1. The van der Waals surface area contributed by atoms with Crippen molar-refractivity contribution in [3.8, 4) is 5.69 Å². The molecule has 1 heterocycles. The minimum atomic E-state index is -0.943. The number of aliphatic hydroxyl groups excluding tert-OH is 1. The molecule has 21 heavy (non-hydrogen) atoms. The summed E-state index contributed by atoms with van der Waals surface area (Å²) in [6, 6.07) is 8.07. The lowest BCUT2D eigenvalue weighted by Gasteiger charge is -2.12. The van der Waals surface area contributed by atoms with Crippen LogP contribution in [0.5, 0.6) is 0 Å². The third kappa shape index (κ3) is 2.23. The summed E-state index contributed by atoms with van der Waals surface area (Å²) in [4.78, 5) is 4.26. The van der Waals surface area contributed by atoms with Gasteiger partial charge in [-0.1, -0.05) is 0 Å². The van der Waals surface area contributed by atoms with E-state index in [1.807, 2.05) is 0 Å². The Labute approximate surface area is 119 Å². The maximum absolute atomic E-state index is 14.1. The van der Waals surface area contributed by atoms with E-state index in [9.17, 15) is 13.9 Å². The molecule has 2 aromatic carbocycles. The molecule has 0 aliphatic heterocycles. The normalized spacial score (nSPS) is 12.8. The second kappa shape index (κ2) is 4.82. The summed E-state index contributed by atoms with van der Waals surface area (Å²) >= 11 is 0. The average Bonchev–Trinajstić information content (AvgIpc) is 2.80. The van der Waals surface area contributed by atoms with Crippen LogP contribution in [0, 0.1) is 11.6 Å². The highest BCUT2D eigenvalue weighted by molar-refractivity contribution is 5.81. The molecule has 1 aromatic heterocycles. The maximum Gasteiger partial charge on any atom is 0.147 e. The number of nitrogens with zero attached hydrogens (tertiary/aromatic N) is 2. The average molecular weight is 289 g/mol. The first-order valence-corrected chi connectivity index (χ1v) is 6.38. The van der Waals surface area contributed by atoms with Gasteiger partial charge in [0.15, 0.2) is 0 Å². The summed E-state index contributed by atoms with van der Waals surface area (Å²) < 4.78 is 28.9. The minimum Gasteiger partial charge on any atom is -0.399 e. The van der Waals surface area contributed by atoms with Gasteiger partial charge in [0.25, 0.3) is 0 Å². The predicted molar refractivity (Wildman–Crippen MR) is 76.0 cm³/mol. The molecule has 3 aromatic rings. The van der Waals surface area contributed by atoms with E-state index in [-0.39, 0.29) is 11.5 Å². The van der Waals surface area contributed by atoms with Gasteiger partial charge in [-0.2, -0.15) is 0 Å². The second-order valence-corrected chi connectivity index (χ2v) is 4.83. The molecular formula is C15H13F2N3O. The predicted octanol–water partition coefficient (Wildman–Crippen LogP) is 2.94. The quantitative estimate of drug-likeness (QED) is 0.713. The van der Waals surface area contributed by atoms with Crippen molar-refractivity contribution in [2.24, 2.45) is 0 Å². The summed E-state index contributed by atoms with van der Waals surface area (Å²) in [6.45, 7) is 1.51. The van der Waals surface area contributed by atoms with Gasteiger partial charge in [0.2, 0.25) is 0 Å². The van der Waals surface area contributed by atoms with Crippen LogP contribution in [0.1, 0.15) is 18.9 Å². The Kier molecular flexibility index (Phi) is 3.10. The van der Waals surface area contributed by atoms with Crippen LogP contribution < -0.4 is 5.73 Å². The Balaban J connectivity index is 2.39. The van der Waals surface area contributed by atoms with Crippen LogP contribution in [0.3, 0.4) is 0 Å². The summed E-state index contributed by atoms with van der Waals surface area (Å²) in [5.74, 6) is -0.949. The zero-order valence-corrected chi connectivity index (χ0v) is 11.2. The van der Waals surface area contributed by atoms with Gasteiger partial charge in [-0.25, -0.2) is 13.8 Å². The Morgan fingerprint density at radius 2 is 1.95 bits per heavy atom. The van der Waals surface area contributed by atoms with Crippen molar-refractivity contribution >= 4 is 16.7 Å². The van der Waals surface area contributed by atoms with Gasteiger partial charge in [0, 0.05) is 11.8 Å². The molecule has 108 valence electrons. The molecule has 1 unspecified atom stereocenters. The van der Waals surface area contributed by atoms with Crippen LogP contribution in [0.4, 0.5) is 14.5 Å². The number of hydrogen-bond donors (Lipinski definition) is 2. The highest BCUT2D eigenvalue weighted by Crippen LogP contribution is 2.28. The van der Waals surface area contributed by atoms with Crippen molar-refractivity contribution < 1.29 is 13.9 Å². The van der Waals surface area contributed by atoms with Crippen LogP contribution in [-0.2, 0) is 0 Å². The van der Waals surface area contributed by atoms with E-state index in [1.54, 1.807) is 18.2 Å². The van der Waals surface area contributed by atoms with Gasteiger partial charge >= 0.3 is 0 Å². The topological polar surface area (TPSA) is 64.1 Å². The van der Waals surface area contributed by atoms with E-state index in [2.05, 4.69) is 4.98 Å². The number of anilines is 1. The van der Waals surface area contributed by atoms with E-state index in [1.165, 1.54) is 11.5 Å². The first-order chi connectivity index (χ1) is 9.97. The summed E-state index contributed by atoms with van der Waals surface area (Å²) in [5.41, 5.74) is 7.26. The molecule has 0 amide bonds. The highest BCUT2D eigenvalue weighted by Gasteiger charge is 2.19. The fourth-order valence-electron chi connectivity index (χ4n) is 2.31. The zero-order chi connectivity index (χ0) is 15.1. The number of rotatable bonds is 2. The van der Waals surface area contributed by atoms with E-state index in [0.29, 0.717) is 16.7 Å². The Hall–Kier alpha value is -2.47. The number of halogens is 2. The van der Waals surface area contributed by atoms with Gasteiger partial charge in [-0.3, -0.25) is 4.57 Å². The van der Waals surface area contributed by atoms with Crippen molar-refractivity contribution in [1.82, 2.24) is 9.55 Å². The Bertz CT molecular complexity index is 827. The van der Waals surface area contributed by atoms with Crippen molar-refractivity contribution in [3.05, 3.63) is 53.9 Å². The van der Waals surface area contributed by atoms with Crippen LogP contribution in [-0.4, -0.2) is 14.7 Å². The molecule has 0 aliphatic carbocycles. The third-order valence-corrected chi connectivity index (χ3v) is 3.23. The molecule has 4 nitrogen and oxygen atoms in total. The fraction of sp³-hybridized carbons (Fsp3) is 0.133. The molecule has 0 fully saturated rings. The van der Waals surface area contributed by atoms with E-state index >= 15 is 0 Å². The maximum atomic E-state index is 14.1. The molecule has 6 heteroatoms. The molecule has 0 bridgehead atoms. The second-order valence-electron chi connectivity index (χ2n) is 4.83. The van der Waals surface area contributed by atoms with Gasteiger partial charge in [0.05, 0.1) is 16.7 Å². The summed E-state index contributed by atoms with van der Waals surface area (Å²) in [7, 11) is 0. The highest BCUT2D eigenvalue weighted by atomic mass is 19.1. The van der Waals surface area contributed by atoms with Gasteiger partial charge < -0.3 is 10.8 Å². The first kappa shape index (κ1) is 13.5. The number of aromatic nitrogens is 2. The number of fused-ring (bicyclic) bond motifs is 1. The smallest absolute Gasteiger partial charge is 0.147 e. The third-order valence-electron chi connectivity index (χ3n) is 3.23. The van der Waals surface area contributed by atoms with Crippen LogP contribution in [0.2, 0.25) is 0 Å². The summed E-state index contributed by atoms with van der Waals surface area (Å²) in [6.07, 6.45) is -0.943. The minimum absolute atomic E-state index is 0.00169. The van der Waals surface area contributed by atoms with Crippen LogP contribution in [0.25, 0.3) is 16.7 Å². The van der Waals surface area contributed by atoms with Gasteiger partial charge in [-0.05, 0) is 37.3 Å². The van der Waals surface area contributed by atoms with Crippen LogP contribution in [0.15, 0.2) is 36.4 Å². The van der Waals surface area contributed by atoms with Crippen molar-refractivity contribution in [3.63, 3.8) is 0 Å². The largest absolute Gasteiger partial charge is 0.399 e. The van der Waals surface area contributed by atoms with E-state index in [0.717, 1.165) is 18.2 Å². The fourth-order valence-corrected chi connectivity index (χ4v) is 2.31. The van der Waals surface area contributed by atoms with Crippen molar-refractivity contribution in [2.45, 2.75) is 13.0 Å².